The molecule has 1 amide bonds. The predicted octanol–water partition coefficient (Wildman–Crippen LogP) is 4.19. The number of piperazine rings is 1. The Bertz CT molecular complexity index is 1010. The molecule has 2 aromatic rings. The van der Waals surface area contributed by atoms with Crippen molar-refractivity contribution in [3.8, 4) is 11.5 Å². The molecule has 2 aliphatic rings. The Labute approximate surface area is 209 Å². The van der Waals surface area contributed by atoms with E-state index in [0.29, 0.717) is 36.8 Å². The lowest BCUT2D eigenvalue weighted by Crippen LogP contribution is -2.53. The van der Waals surface area contributed by atoms with Gasteiger partial charge in [0.15, 0.2) is 0 Å². The number of carbonyl (C=O) groups is 1. The van der Waals surface area contributed by atoms with Gasteiger partial charge in [0.05, 0.1) is 19.8 Å². The van der Waals surface area contributed by atoms with Gasteiger partial charge < -0.3 is 24.4 Å². The van der Waals surface area contributed by atoms with Crippen LogP contribution in [0.4, 0.5) is 5.69 Å². The molecule has 2 aromatic carbocycles. The summed E-state index contributed by atoms with van der Waals surface area (Å²) in [6.07, 6.45) is 2.53. The van der Waals surface area contributed by atoms with Crippen molar-refractivity contribution in [1.29, 1.82) is 0 Å². The summed E-state index contributed by atoms with van der Waals surface area (Å²) in [5.74, 6) is 1.31. The lowest BCUT2D eigenvalue weighted by Gasteiger charge is -2.41. The van der Waals surface area contributed by atoms with E-state index in [1.165, 1.54) is 12.8 Å². The number of fused-ring (bicyclic) bond motifs is 2. The van der Waals surface area contributed by atoms with Crippen molar-refractivity contribution in [1.82, 2.24) is 10.2 Å². The predicted molar refractivity (Wildman–Crippen MR) is 139 cm³/mol. The van der Waals surface area contributed by atoms with Gasteiger partial charge in [-0.2, -0.15) is 0 Å². The number of hydrogen-bond donors (Lipinski definition) is 1. The quantitative estimate of drug-likeness (QED) is 0.514. The first-order valence-corrected chi connectivity index (χ1v) is 12.7. The van der Waals surface area contributed by atoms with E-state index in [9.17, 15) is 4.79 Å². The molecule has 0 radical (unpaired) electrons. The Morgan fingerprint density at radius 1 is 1.06 bits per heavy atom. The number of hydrogen-bond acceptors (Lipinski definition) is 6. The van der Waals surface area contributed by atoms with Gasteiger partial charge in [0.25, 0.3) is 5.91 Å². The molecule has 2 aliphatic heterocycles. The summed E-state index contributed by atoms with van der Waals surface area (Å²) in [6, 6.07) is 13.0. The van der Waals surface area contributed by atoms with Crippen LogP contribution in [0.25, 0.3) is 0 Å². The van der Waals surface area contributed by atoms with E-state index in [-0.39, 0.29) is 11.9 Å². The highest BCUT2D eigenvalue weighted by Crippen LogP contribution is 2.33. The van der Waals surface area contributed by atoms with Crippen LogP contribution in [0.2, 0.25) is 0 Å². The molecule has 0 aliphatic carbocycles. The third kappa shape index (κ3) is 5.73. The molecule has 0 saturated carbocycles. The second kappa shape index (κ2) is 11.3. The largest absolute Gasteiger partial charge is 0.497 e. The Morgan fingerprint density at radius 3 is 2.43 bits per heavy atom. The monoisotopic (exact) mass is 481 g/mol. The SMILES string of the molecule is CCN1[C@@H]2CC[C@H]1CN(c1ccc(C)c(C(=O)N[C@H](C)c3cc(OC)cc(OCCOC)c3)c1)C2. The number of aryl methyl sites for hydroxylation is 1. The van der Waals surface area contributed by atoms with E-state index in [4.69, 9.17) is 14.2 Å². The molecule has 4 rings (SSSR count). The summed E-state index contributed by atoms with van der Waals surface area (Å²) in [5, 5.41) is 3.17. The van der Waals surface area contributed by atoms with Gasteiger partial charge in [-0.15, -0.1) is 0 Å². The van der Waals surface area contributed by atoms with Crippen molar-refractivity contribution >= 4 is 11.6 Å². The average molecular weight is 482 g/mol. The van der Waals surface area contributed by atoms with Crippen molar-refractivity contribution in [2.24, 2.45) is 0 Å². The van der Waals surface area contributed by atoms with Crippen LogP contribution in [0.5, 0.6) is 11.5 Å². The number of rotatable bonds is 10. The van der Waals surface area contributed by atoms with Gasteiger partial charge in [-0.25, -0.2) is 0 Å². The zero-order chi connectivity index (χ0) is 24.9. The fraction of sp³-hybridized carbons (Fsp3) is 0.536. The number of likely N-dealkylation sites (N-methyl/N-ethyl adjacent to an activating group) is 1. The van der Waals surface area contributed by atoms with Gasteiger partial charge in [0.2, 0.25) is 0 Å². The highest BCUT2D eigenvalue weighted by atomic mass is 16.5. The number of ether oxygens (including phenoxy) is 3. The molecule has 1 N–H and O–H groups in total. The second-order valence-corrected chi connectivity index (χ2v) is 9.60. The maximum atomic E-state index is 13.4. The van der Waals surface area contributed by atoms with Gasteiger partial charge in [-0.3, -0.25) is 9.69 Å². The number of nitrogens with one attached hydrogen (secondary N) is 1. The number of benzene rings is 2. The first-order valence-electron chi connectivity index (χ1n) is 12.7. The molecular weight excluding hydrogens is 442 g/mol. The highest BCUT2D eigenvalue weighted by molar-refractivity contribution is 5.96. The molecule has 2 heterocycles. The molecular formula is C28H39N3O4. The standard InChI is InChI=1S/C28H39N3O4/c1-6-31-23-9-10-24(31)18-30(17-23)22-8-7-19(2)27(15-22)28(32)29-20(3)21-13-25(34-5)16-26(14-21)35-12-11-33-4/h7-8,13-16,20,23-24H,6,9-12,17-18H2,1-5H3,(H,29,32)/t20-,23-,24+/m1/s1. The molecule has 190 valence electrons. The zero-order valence-electron chi connectivity index (χ0n) is 21.7. The van der Waals surface area contributed by atoms with E-state index in [2.05, 4.69) is 40.2 Å². The second-order valence-electron chi connectivity index (χ2n) is 9.60. The fourth-order valence-corrected chi connectivity index (χ4v) is 5.41. The van der Waals surface area contributed by atoms with E-state index < -0.39 is 0 Å². The lowest BCUT2D eigenvalue weighted by molar-refractivity contribution is 0.0939. The number of anilines is 1. The van der Waals surface area contributed by atoms with Crippen LogP contribution < -0.4 is 19.7 Å². The Balaban J connectivity index is 1.48. The van der Waals surface area contributed by atoms with Crippen molar-refractivity contribution in [3.63, 3.8) is 0 Å². The Morgan fingerprint density at radius 2 is 1.77 bits per heavy atom. The summed E-state index contributed by atoms with van der Waals surface area (Å²) in [7, 11) is 3.27. The molecule has 7 nitrogen and oxygen atoms in total. The first kappa shape index (κ1) is 25.3. The average Bonchev–Trinajstić information content (AvgIpc) is 3.11. The Hall–Kier alpha value is -2.77. The third-order valence-corrected chi connectivity index (χ3v) is 7.37. The maximum Gasteiger partial charge on any atom is 0.252 e. The summed E-state index contributed by atoms with van der Waals surface area (Å²) < 4.78 is 16.3. The molecule has 35 heavy (non-hydrogen) atoms. The minimum Gasteiger partial charge on any atom is -0.497 e. The summed E-state index contributed by atoms with van der Waals surface area (Å²) in [4.78, 5) is 18.5. The van der Waals surface area contributed by atoms with Crippen LogP contribution in [0.1, 0.15) is 54.2 Å². The van der Waals surface area contributed by atoms with Gasteiger partial charge in [0, 0.05) is 49.6 Å². The minimum absolute atomic E-state index is 0.0725. The molecule has 2 saturated heterocycles. The van der Waals surface area contributed by atoms with Crippen molar-refractivity contribution < 1.29 is 19.0 Å². The van der Waals surface area contributed by atoms with Gasteiger partial charge in [-0.1, -0.05) is 13.0 Å². The van der Waals surface area contributed by atoms with E-state index >= 15 is 0 Å². The van der Waals surface area contributed by atoms with Crippen molar-refractivity contribution in [2.75, 3.05) is 52.0 Å². The van der Waals surface area contributed by atoms with Gasteiger partial charge in [0.1, 0.15) is 18.1 Å². The van der Waals surface area contributed by atoms with Crippen molar-refractivity contribution in [3.05, 3.63) is 53.1 Å². The summed E-state index contributed by atoms with van der Waals surface area (Å²) >= 11 is 0. The maximum absolute atomic E-state index is 13.4. The number of amides is 1. The van der Waals surface area contributed by atoms with Crippen LogP contribution in [-0.4, -0.2) is 70.0 Å². The van der Waals surface area contributed by atoms with Crippen LogP contribution in [0, 0.1) is 6.92 Å². The van der Waals surface area contributed by atoms with E-state index in [1.807, 2.05) is 32.0 Å². The van der Waals surface area contributed by atoms with Gasteiger partial charge in [-0.05, 0) is 68.6 Å². The molecule has 0 unspecified atom stereocenters. The smallest absolute Gasteiger partial charge is 0.252 e. The molecule has 0 aromatic heterocycles. The Kier molecular flexibility index (Phi) is 8.19. The molecule has 7 heteroatoms. The summed E-state index contributed by atoms with van der Waals surface area (Å²) in [6.45, 7) is 10.4. The van der Waals surface area contributed by atoms with Crippen LogP contribution in [-0.2, 0) is 4.74 Å². The molecule has 2 bridgehead atoms. The third-order valence-electron chi connectivity index (χ3n) is 7.37. The molecule has 3 atom stereocenters. The van der Waals surface area contributed by atoms with Crippen molar-refractivity contribution in [2.45, 2.75) is 51.7 Å². The number of carbonyl (C=O) groups excluding carboxylic acids is 1. The normalized spacial score (nSPS) is 20.5. The highest BCUT2D eigenvalue weighted by Gasteiger charge is 2.39. The van der Waals surface area contributed by atoms with E-state index in [0.717, 1.165) is 42.0 Å². The van der Waals surface area contributed by atoms with Crippen LogP contribution in [0.3, 0.4) is 0 Å². The molecule has 0 spiro atoms. The number of nitrogens with zero attached hydrogens (tertiary/aromatic N) is 2. The summed E-state index contributed by atoms with van der Waals surface area (Å²) in [5.41, 5.74) is 3.75. The van der Waals surface area contributed by atoms with E-state index in [1.54, 1.807) is 14.2 Å². The minimum atomic E-state index is -0.214. The van der Waals surface area contributed by atoms with Crippen LogP contribution >= 0.6 is 0 Å². The van der Waals surface area contributed by atoms with Gasteiger partial charge >= 0.3 is 0 Å². The first-order chi connectivity index (χ1) is 16.9. The fourth-order valence-electron chi connectivity index (χ4n) is 5.41. The zero-order valence-corrected chi connectivity index (χ0v) is 21.7. The van der Waals surface area contributed by atoms with Crippen LogP contribution in [0.15, 0.2) is 36.4 Å². The number of methoxy groups -OCH3 is 2. The lowest BCUT2D eigenvalue weighted by atomic mass is 10.0. The molecule has 2 fully saturated rings. The topological polar surface area (TPSA) is 63.3 Å².